The highest BCUT2D eigenvalue weighted by atomic mass is 31.2. The zero-order chi connectivity index (χ0) is 15.7. The fraction of sp³-hybridized carbons (Fsp3) is 0.300. The van der Waals surface area contributed by atoms with Crippen LogP contribution < -0.4 is 5.73 Å². The smallest absolute Gasteiger partial charge is 0.330 e. The first-order valence-corrected chi connectivity index (χ1v) is 7.04. The lowest BCUT2D eigenvalue weighted by Crippen LogP contribution is -2.32. The number of aliphatic carboxylic acids is 1. The number of hydrogen-bond acceptors (Lipinski definition) is 4. The molecule has 0 fully saturated rings. The van der Waals surface area contributed by atoms with Crippen molar-refractivity contribution in [2.45, 2.75) is 18.6 Å². The van der Waals surface area contributed by atoms with Crippen molar-refractivity contribution in [3.05, 3.63) is 28.8 Å². The van der Waals surface area contributed by atoms with Gasteiger partial charge in [-0.15, -0.1) is 0 Å². The molecule has 0 heterocycles. The number of hydrogen-bond donors (Lipinski definition) is 5. The van der Waals surface area contributed by atoms with E-state index in [1.165, 1.54) is 0 Å². The highest BCUT2D eigenvalue weighted by molar-refractivity contribution is 7.50. The van der Waals surface area contributed by atoms with Gasteiger partial charge in [0, 0.05) is 12.0 Å². The van der Waals surface area contributed by atoms with Gasteiger partial charge in [-0.25, -0.2) is 4.39 Å². The number of nitrogens with two attached hydrogens (primary N) is 1. The highest BCUT2D eigenvalue weighted by Gasteiger charge is 2.25. The third-order valence-electron chi connectivity index (χ3n) is 2.47. The molecule has 0 saturated heterocycles. The lowest BCUT2D eigenvalue weighted by molar-refractivity contribution is -0.138. The highest BCUT2D eigenvalue weighted by Crippen LogP contribution is 2.41. The Morgan fingerprint density at radius 1 is 1.30 bits per heavy atom. The molecule has 0 bridgehead atoms. The quantitative estimate of drug-likeness (QED) is 0.492. The van der Waals surface area contributed by atoms with E-state index in [1.54, 1.807) is 0 Å². The summed E-state index contributed by atoms with van der Waals surface area (Å²) in [5, 5.41) is 18.0. The lowest BCUT2D eigenvalue weighted by Gasteiger charge is -2.13. The second-order valence-electron chi connectivity index (χ2n) is 4.14. The van der Waals surface area contributed by atoms with Gasteiger partial charge in [-0.2, -0.15) is 4.39 Å². The van der Waals surface area contributed by atoms with Crippen LogP contribution in [0.2, 0.25) is 0 Å². The molecule has 0 unspecified atom stereocenters. The minimum absolute atomic E-state index is 0.345. The number of carbonyl (C=O) groups is 1. The maximum atomic E-state index is 13.4. The first kappa shape index (κ1) is 16.5. The molecule has 1 atom stereocenters. The largest absolute Gasteiger partial charge is 0.505 e. The second-order valence-corrected chi connectivity index (χ2v) is 5.79. The average molecular weight is 311 g/mol. The van der Waals surface area contributed by atoms with Crippen LogP contribution in [-0.4, -0.2) is 32.0 Å². The van der Waals surface area contributed by atoms with Crippen molar-refractivity contribution in [2.24, 2.45) is 5.73 Å². The van der Waals surface area contributed by atoms with Gasteiger partial charge in [-0.05, 0) is 11.6 Å². The maximum absolute atomic E-state index is 13.4. The van der Waals surface area contributed by atoms with Crippen LogP contribution >= 0.6 is 7.60 Å². The van der Waals surface area contributed by atoms with E-state index in [4.69, 9.17) is 20.6 Å². The fourth-order valence-corrected chi connectivity index (χ4v) is 2.22. The van der Waals surface area contributed by atoms with Crippen LogP contribution in [0.15, 0.2) is 6.07 Å². The van der Waals surface area contributed by atoms with Crippen LogP contribution in [0, 0.1) is 11.6 Å². The van der Waals surface area contributed by atoms with Crippen molar-refractivity contribution >= 4 is 13.6 Å². The number of carboxylic acids is 1. The molecule has 7 nitrogen and oxygen atoms in total. The topological polar surface area (TPSA) is 141 Å². The molecule has 1 aromatic rings. The Balaban J connectivity index is 3.25. The molecule has 6 N–H and O–H groups in total. The van der Waals surface area contributed by atoms with Crippen LogP contribution in [0.25, 0.3) is 0 Å². The molecule has 0 spiro atoms. The molecule has 112 valence electrons. The summed E-state index contributed by atoms with van der Waals surface area (Å²) >= 11 is 0. The molecule has 1 aromatic carbocycles. The number of phenols is 1. The lowest BCUT2D eigenvalue weighted by atomic mass is 10.0. The molecule has 0 aromatic heterocycles. The SMILES string of the molecule is N[C@@H](Cc1cc(CP(=O)(O)O)c(F)c(F)c1O)C(=O)O. The Bertz CT molecular complexity index is 588. The first-order valence-electron chi connectivity index (χ1n) is 5.24. The standard InChI is InChI=1S/C10H12F2NO6P/c11-7-5(3-20(17,18)19)1-4(9(14)8(7)12)2-6(13)10(15)16/h1,6,14H,2-3,13H2,(H,15,16)(H2,17,18,19)/t6-/m0/s1. The molecule has 1 rings (SSSR count). The normalized spacial score (nSPS) is 13.2. The Labute approximate surface area is 111 Å². The molecule has 0 aliphatic carbocycles. The van der Waals surface area contributed by atoms with E-state index in [2.05, 4.69) is 0 Å². The number of aromatic hydroxyl groups is 1. The van der Waals surface area contributed by atoms with Gasteiger partial charge in [0.15, 0.2) is 11.6 Å². The van der Waals surface area contributed by atoms with Crippen molar-refractivity contribution in [3.8, 4) is 5.75 Å². The third kappa shape index (κ3) is 3.97. The predicted octanol–water partition coefficient (Wildman–Crippen LogP) is 0.303. The molecular weight excluding hydrogens is 299 g/mol. The number of benzene rings is 1. The van der Waals surface area contributed by atoms with E-state index in [0.29, 0.717) is 0 Å². The average Bonchev–Trinajstić information content (AvgIpc) is 2.30. The van der Waals surface area contributed by atoms with Crippen molar-refractivity contribution in [1.82, 2.24) is 0 Å². The Hall–Kier alpha value is -1.54. The van der Waals surface area contributed by atoms with Gasteiger partial charge in [0.05, 0.1) is 6.16 Å². The summed E-state index contributed by atoms with van der Waals surface area (Å²) in [5.41, 5.74) is 4.19. The molecule has 0 radical (unpaired) electrons. The zero-order valence-corrected chi connectivity index (χ0v) is 10.8. The Morgan fingerprint density at radius 3 is 2.30 bits per heavy atom. The summed E-state index contributed by atoms with van der Waals surface area (Å²) in [6, 6.07) is -0.691. The van der Waals surface area contributed by atoms with E-state index in [9.17, 15) is 23.2 Å². The summed E-state index contributed by atoms with van der Waals surface area (Å²) < 4.78 is 37.7. The van der Waals surface area contributed by atoms with Gasteiger partial charge < -0.3 is 25.7 Å². The zero-order valence-electron chi connectivity index (χ0n) is 9.95. The number of halogens is 2. The molecule has 0 aliphatic heterocycles. The van der Waals surface area contributed by atoms with Gasteiger partial charge in [-0.1, -0.05) is 0 Å². The van der Waals surface area contributed by atoms with Crippen molar-refractivity contribution in [2.75, 3.05) is 0 Å². The van der Waals surface area contributed by atoms with Crippen molar-refractivity contribution in [1.29, 1.82) is 0 Å². The molecule has 0 amide bonds. The number of phenolic OH excluding ortho intramolecular Hbond substituents is 1. The fourth-order valence-electron chi connectivity index (χ4n) is 1.54. The van der Waals surface area contributed by atoms with Crippen molar-refractivity contribution < 1.29 is 38.1 Å². The molecule has 20 heavy (non-hydrogen) atoms. The predicted molar refractivity (Wildman–Crippen MR) is 63.1 cm³/mol. The van der Waals surface area contributed by atoms with Gasteiger partial charge in [0.1, 0.15) is 6.04 Å². The summed E-state index contributed by atoms with van der Waals surface area (Å²) in [7, 11) is -4.66. The Kier molecular flexibility index (Phi) is 4.82. The van der Waals surface area contributed by atoms with Gasteiger partial charge in [0.25, 0.3) is 0 Å². The summed E-state index contributed by atoms with van der Waals surface area (Å²) in [5.74, 6) is -5.86. The van der Waals surface area contributed by atoms with Crippen LogP contribution in [0.3, 0.4) is 0 Å². The van der Waals surface area contributed by atoms with Gasteiger partial charge in [0.2, 0.25) is 5.82 Å². The monoisotopic (exact) mass is 311 g/mol. The van der Waals surface area contributed by atoms with Crippen LogP contribution in [0.1, 0.15) is 11.1 Å². The first-order chi connectivity index (χ1) is 9.03. The second kappa shape index (κ2) is 5.84. The Morgan fingerprint density at radius 2 is 1.85 bits per heavy atom. The van der Waals surface area contributed by atoms with Crippen LogP contribution in [-0.2, 0) is 21.9 Å². The van der Waals surface area contributed by atoms with E-state index >= 15 is 0 Å². The molecular formula is C10H12F2NO6P. The van der Waals surface area contributed by atoms with Crippen LogP contribution in [0.5, 0.6) is 5.75 Å². The van der Waals surface area contributed by atoms with Crippen molar-refractivity contribution in [3.63, 3.8) is 0 Å². The van der Waals surface area contributed by atoms with E-state index in [-0.39, 0.29) is 5.56 Å². The summed E-state index contributed by atoms with van der Waals surface area (Å²) in [6.07, 6.45) is -1.60. The third-order valence-corrected chi connectivity index (χ3v) is 3.22. The maximum Gasteiger partial charge on any atom is 0.330 e. The van der Waals surface area contributed by atoms with E-state index in [1.807, 2.05) is 0 Å². The molecule has 0 aliphatic rings. The minimum Gasteiger partial charge on any atom is -0.505 e. The number of rotatable bonds is 5. The number of carboxylic acid groups (broad SMARTS) is 1. The van der Waals surface area contributed by atoms with E-state index in [0.717, 1.165) is 6.07 Å². The summed E-state index contributed by atoms with van der Waals surface area (Å²) in [6.45, 7) is 0. The van der Waals surface area contributed by atoms with Gasteiger partial charge in [-0.3, -0.25) is 9.36 Å². The minimum atomic E-state index is -4.66. The van der Waals surface area contributed by atoms with Crippen LogP contribution in [0.4, 0.5) is 8.78 Å². The summed E-state index contributed by atoms with van der Waals surface area (Å²) in [4.78, 5) is 28.1. The van der Waals surface area contributed by atoms with E-state index < -0.39 is 55.1 Å². The molecule has 0 saturated carbocycles. The molecule has 10 heteroatoms. The van der Waals surface area contributed by atoms with Gasteiger partial charge >= 0.3 is 13.6 Å².